The summed E-state index contributed by atoms with van der Waals surface area (Å²) in [5.41, 5.74) is 0.976. The zero-order valence-corrected chi connectivity index (χ0v) is 16.2. The number of benzene rings is 2. The molecule has 2 aromatic carbocycles. The van der Waals surface area contributed by atoms with E-state index in [1.54, 1.807) is 18.2 Å². The second-order valence-corrected chi connectivity index (χ2v) is 8.39. The summed E-state index contributed by atoms with van der Waals surface area (Å²) >= 11 is 5.94. The first-order valence-electron chi connectivity index (χ1n) is 8.18. The molecule has 0 unspecified atom stereocenters. The second kappa shape index (κ2) is 7.84. The van der Waals surface area contributed by atoms with Crippen LogP contribution in [0.4, 0.5) is 0 Å². The third-order valence-corrected chi connectivity index (χ3v) is 5.84. The minimum atomic E-state index is -3.68. The van der Waals surface area contributed by atoms with Crippen LogP contribution in [0.3, 0.4) is 0 Å². The topological polar surface area (TPSA) is 67.9 Å². The normalized spacial score (nSPS) is 15.1. The van der Waals surface area contributed by atoms with Gasteiger partial charge in [0.25, 0.3) is 0 Å². The highest BCUT2D eigenvalue weighted by atomic mass is 35.5. The Hall–Kier alpha value is -1.80. The van der Waals surface area contributed by atoms with Gasteiger partial charge in [0.2, 0.25) is 10.0 Å². The highest BCUT2D eigenvalue weighted by molar-refractivity contribution is 7.89. The molecule has 0 fully saturated rings. The van der Waals surface area contributed by atoms with Crippen molar-refractivity contribution < 1.29 is 17.9 Å². The molecule has 0 aromatic heterocycles. The third-order valence-electron chi connectivity index (χ3n) is 4.17. The van der Waals surface area contributed by atoms with Crippen molar-refractivity contribution in [2.75, 3.05) is 33.9 Å². The van der Waals surface area contributed by atoms with E-state index < -0.39 is 10.0 Å². The summed E-state index contributed by atoms with van der Waals surface area (Å²) in [6.07, 6.45) is 0. The molecule has 1 atom stereocenters. The zero-order valence-electron chi connectivity index (χ0n) is 14.6. The Balaban J connectivity index is 1.77. The average Bonchev–Trinajstić information content (AvgIpc) is 2.62. The molecule has 0 spiro atoms. The van der Waals surface area contributed by atoms with Crippen LogP contribution < -0.4 is 14.2 Å². The molecule has 140 valence electrons. The van der Waals surface area contributed by atoms with Crippen molar-refractivity contribution in [2.45, 2.75) is 10.9 Å². The first-order chi connectivity index (χ1) is 12.4. The lowest BCUT2D eigenvalue weighted by Crippen LogP contribution is -2.34. The predicted molar refractivity (Wildman–Crippen MR) is 101 cm³/mol. The maximum Gasteiger partial charge on any atom is 0.240 e. The number of sulfonamides is 1. The van der Waals surface area contributed by atoms with Gasteiger partial charge in [0.15, 0.2) is 11.5 Å². The van der Waals surface area contributed by atoms with Crippen LogP contribution in [-0.4, -0.2) is 47.2 Å². The van der Waals surface area contributed by atoms with Crippen LogP contribution in [0, 0.1) is 0 Å². The third kappa shape index (κ3) is 4.29. The van der Waals surface area contributed by atoms with E-state index in [-0.39, 0.29) is 17.5 Å². The highest BCUT2D eigenvalue weighted by Gasteiger charge is 2.22. The van der Waals surface area contributed by atoms with Crippen LogP contribution in [0.5, 0.6) is 11.5 Å². The van der Waals surface area contributed by atoms with Crippen molar-refractivity contribution in [3.05, 3.63) is 53.1 Å². The monoisotopic (exact) mass is 396 g/mol. The van der Waals surface area contributed by atoms with Crippen LogP contribution in [0.25, 0.3) is 0 Å². The van der Waals surface area contributed by atoms with Crippen molar-refractivity contribution >= 4 is 21.6 Å². The van der Waals surface area contributed by atoms with Gasteiger partial charge in [-0.25, -0.2) is 13.1 Å². The zero-order chi connectivity index (χ0) is 18.7. The molecule has 6 nitrogen and oxygen atoms in total. The Morgan fingerprint density at radius 2 is 1.73 bits per heavy atom. The number of likely N-dealkylation sites (N-methyl/N-ethyl adjacent to an activating group) is 1. The largest absolute Gasteiger partial charge is 0.486 e. The molecule has 1 aliphatic heterocycles. The Labute approximate surface area is 158 Å². The lowest BCUT2D eigenvalue weighted by atomic mass is 10.1. The molecular formula is C18H21ClN2O4S. The Morgan fingerprint density at radius 3 is 2.38 bits per heavy atom. The summed E-state index contributed by atoms with van der Waals surface area (Å²) in [6.45, 7) is 1.09. The SMILES string of the molecule is CN(C)[C@H](CNS(=O)(=O)c1ccc2c(c1)OCCO2)c1ccc(Cl)cc1. The number of hydrogen-bond acceptors (Lipinski definition) is 5. The fourth-order valence-electron chi connectivity index (χ4n) is 2.75. The first-order valence-corrected chi connectivity index (χ1v) is 10.0. The molecule has 8 heteroatoms. The fraction of sp³-hybridized carbons (Fsp3) is 0.333. The molecule has 1 aliphatic rings. The van der Waals surface area contributed by atoms with E-state index in [0.717, 1.165) is 5.56 Å². The van der Waals surface area contributed by atoms with Crippen molar-refractivity contribution in [2.24, 2.45) is 0 Å². The number of fused-ring (bicyclic) bond motifs is 1. The maximum atomic E-state index is 12.7. The Bertz CT molecular complexity index is 869. The van der Waals surface area contributed by atoms with E-state index in [9.17, 15) is 8.42 Å². The van der Waals surface area contributed by atoms with E-state index in [0.29, 0.717) is 29.7 Å². The summed E-state index contributed by atoms with van der Waals surface area (Å²) in [7, 11) is 0.124. The number of hydrogen-bond donors (Lipinski definition) is 1. The molecule has 0 saturated heterocycles. The molecular weight excluding hydrogens is 376 g/mol. The van der Waals surface area contributed by atoms with E-state index in [2.05, 4.69) is 4.72 Å². The molecule has 3 rings (SSSR count). The van der Waals surface area contributed by atoms with Gasteiger partial charge in [-0.3, -0.25) is 0 Å². The summed E-state index contributed by atoms with van der Waals surface area (Å²) in [5, 5.41) is 0.642. The number of ether oxygens (including phenoxy) is 2. The number of nitrogens with one attached hydrogen (secondary N) is 1. The lowest BCUT2D eigenvalue weighted by molar-refractivity contribution is 0.171. The van der Waals surface area contributed by atoms with Crippen molar-refractivity contribution in [3.63, 3.8) is 0 Å². The lowest BCUT2D eigenvalue weighted by Gasteiger charge is -2.25. The van der Waals surface area contributed by atoms with Crippen molar-refractivity contribution in [1.29, 1.82) is 0 Å². The molecule has 1 N–H and O–H groups in total. The molecule has 26 heavy (non-hydrogen) atoms. The minimum absolute atomic E-state index is 0.126. The van der Waals surface area contributed by atoms with Gasteiger partial charge in [-0.05, 0) is 43.9 Å². The molecule has 0 amide bonds. The van der Waals surface area contributed by atoms with Gasteiger partial charge in [0, 0.05) is 23.7 Å². The Kier molecular flexibility index (Phi) is 5.72. The number of nitrogens with zero attached hydrogens (tertiary/aromatic N) is 1. The predicted octanol–water partition coefficient (Wildman–Crippen LogP) is 2.69. The number of rotatable bonds is 6. The molecule has 0 radical (unpaired) electrons. The van der Waals surface area contributed by atoms with Gasteiger partial charge in [-0.1, -0.05) is 23.7 Å². The molecule has 1 heterocycles. The van der Waals surface area contributed by atoms with E-state index in [1.165, 1.54) is 12.1 Å². The van der Waals surface area contributed by atoms with E-state index in [1.807, 2.05) is 31.1 Å². The summed E-state index contributed by atoms with van der Waals surface area (Å²) in [5.74, 6) is 1.00. The van der Waals surface area contributed by atoms with Gasteiger partial charge >= 0.3 is 0 Å². The van der Waals surface area contributed by atoms with Gasteiger partial charge in [-0.2, -0.15) is 0 Å². The number of halogens is 1. The molecule has 2 aromatic rings. The molecule has 0 aliphatic carbocycles. The first kappa shape index (κ1) is 19.0. The smallest absolute Gasteiger partial charge is 0.240 e. The second-order valence-electron chi connectivity index (χ2n) is 6.19. The van der Waals surface area contributed by atoms with Crippen LogP contribution in [0.15, 0.2) is 47.4 Å². The summed E-state index contributed by atoms with van der Waals surface area (Å²) in [4.78, 5) is 2.10. The fourth-order valence-corrected chi connectivity index (χ4v) is 3.93. The highest BCUT2D eigenvalue weighted by Crippen LogP contribution is 2.32. The maximum absolute atomic E-state index is 12.7. The van der Waals surface area contributed by atoms with Crippen LogP contribution >= 0.6 is 11.6 Å². The minimum Gasteiger partial charge on any atom is -0.486 e. The van der Waals surface area contributed by atoms with E-state index in [4.69, 9.17) is 21.1 Å². The van der Waals surface area contributed by atoms with Gasteiger partial charge in [0.05, 0.1) is 4.90 Å². The van der Waals surface area contributed by atoms with Gasteiger partial charge in [0.1, 0.15) is 13.2 Å². The average molecular weight is 397 g/mol. The van der Waals surface area contributed by atoms with Crippen LogP contribution in [-0.2, 0) is 10.0 Å². The molecule has 0 bridgehead atoms. The van der Waals surface area contributed by atoms with Gasteiger partial charge < -0.3 is 14.4 Å². The van der Waals surface area contributed by atoms with Gasteiger partial charge in [-0.15, -0.1) is 0 Å². The quantitative estimate of drug-likeness (QED) is 0.813. The Morgan fingerprint density at radius 1 is 1.08 bits per heavy atom. The van der Waals surface area contributed by atoms with Crippen molar-refractivity contribution in [3.8, 4) is 11.5 Å². The standard InChI is InChI=1S/C18H21ClN2O4S/c1-21(2)16(13-3-5-14(19)6-4-13)12-20-26(22,23)15-7-8-17-18(11-15)25-10-9-24-17/h3-8,11,16,20H,9-10,12H2,1-2H3/t16-/m1/s1. The van der Waals surface area contributed by atoms with Crippen LogP contribution in [0.1, 0.15) is 11.6 Å². The van der Waals surface area contributed by atoms with Crippen LogP contribution in [0.2, 0.25) is 5.02 Å². The van der Waals surface area contributed by atoms with E-state index >= 15 is 0 Å². The summed E-state index contributed by atoms with van der Waals surface area (Å²) < 4.78 is 38.9. The summed E-state index contributed by atoms with van der Waals surface area (Å²) in [6, 6.07) is 11.9. The molecule has 0 saturated carbocycles. The van der Waals surface area contributed by atoms with Crippen molar-refractivity contribution in [1.82, 2.24) is 9.62 Å².